The first-order chi connectivity index (χ1) is 11.8. The van der Waals surface area contributed by atoms with E-state index in [-0.39, 0.29) is 30.4 Å². The van der Waals surface area contributed by atoms with Gasteiger partial charge in [0.05, 0.1) is 0 Å². The minimum absolute atomic E-state index is 0.0142. The van der Waals surface area contributed by atoms with Crippen molar-refractivity contribution in [1.82, 2.24) is 15.1 Å². The number of rotatable bonds is 4. The van der Waals surface area contributed by atoms with E-state index in [0.717, 1.165) is 28.2 Å². The van der Waals surface area contributed by atoms with Crippen LogP contribution in [0.25, 0.3) is 0 Å². The van der Waals surface area contributed by atoms with Gasteiger partial charge in [0.1, 0.15) is 12.1 Å². The fraction of sp³-hybridized carbons (Fsp3) is 0.611. The zero-order chi connectivity index (χ0) is 18.4. The molecular weight excluding hydrogens is 338 g/mol. The van der Waals surface area contributed by atoms with Crippen molar-refractivity contribution in [2.45, 2.75) is 64.6 Å². The normalized spacial score (nSPS) is 22.7. The molecule has 2 aliphatic rings. The quantitative estimate of drug-likeness (QED) is 0.836. The van der Waals surface area contributed by atoms with E-state index in [1.54, 1.807) is 16.2 Å². The monoisotopic (exact) mass is 363 g/mol. The summed E-state index contributed by atoms with van der Waals surface area (Å²) in [5, 5.41) is 4.85. The van der Waals surface area contributed by atoms with E-state index < -0.39 is 11.6 Å². The average molecular weight is 363 g/mol. The van der Waals surface area contributed by atoms with Crippen molar-refractivity contribution in [3.8, 4) is 0 Å². The molecular formula is C18H25N3O3S. The summed E-state index contributed by atoms with van der Waals surface area (Å²) in [4.78, 5) is 42.3. The third kappa shape index (κ3) is 2.84. The topological polar surface area (TPSA) is 69.7 Å². The number of carbonyl (C=O) groups excluding carboxylic acids is 3. The number of thiophene rings is 1. The number of hydrogen-bond donors (Lipinski definition) is 1. The second kappa shape index (κ2) is 6.44. The van der Waals surface area contributed by atoms with Crippen LogP contribution in [0.1, 0.15) is 51.0 Å². The molecule has 1 aromatic heterocycles. The Morgan fingerprint density at radius 2 is 2.00 bits per heavy atom. The Morgan fingerprint density at radius 1 is 1.32 bits per heavy atom. The van der Waals surface area contributed by atoms with Gasteiger partial charge in [-0.15, -0.1) is 11.3 Å². The second-order valence-electron chi connectivity index (χ2n) is 7.33. The standard InChI is InChI=1S/C18H25N3O3S/c1-11(2)21(12(3)4)15(22)10-20-16(23)18(19-17(20)24)8-5-6-14-13(18)7-9-25-14/h7,9,11-12H,5-6,8,10H2,1-4H3,(H,19,24)/t18-/m0/s1. The molecule has 25 heavy (non-hydrogen) atoms. The van der Waals surface area contributed by atoms with Crippen molar-refractivity contribution in [2.24, 2.45) is 0 Å². The van der Waals surface area contributed by atoms with Gasteiger partial charge < -0.3 is 10.2 Å². The molecule has 0 aromatic carbocycles. The molecule has 0 saturated carbocycles. The van der Waals surface area contributed by atoms with Gasteiger partial charge in [0.2, 0.25) is 5.91 Å². The molecule has 0 bridgehead atoms. The SMILES string of the molecule is CC(C)N(C(=O)CN1C(=O)N[C@]2(CCCc3sccc32)C1=O)C(C)C. The molecule has 1 aliphatic carbocycles. The fourth-order valence-electron chi connectivity index (χ4n) is 4.07. The van der Waals surface area contributed by atoms with Crippen molar-refractivity contribution in [3.63, 3.8) is 0 Å². The van der Waals surface area contributed by atoms with E-state index in [2.05, 4.69) is 5.32 Å². The number of nitrogens with one attached hydrogen (secondary N) is 1. The first kappa shape index (κ1) is 17.9. The Balaban J connectivity index is 1.85. The molecule has 3 rings (SSSR count). The zero-order valence-electron chi connectivity index (χ0n) is 15.2. The first-order valence-corrected chi connectivity index (χ1v) is 9.68. The Bertz CT molecular complexity index is 704. The van der Waals surface area contributed by atoms with Crippen LogP contribution in [0.15, 0.2) is 11.4 Å². The highest BCUT2D eigenvalue weighted by Crippen LogP contribution is 2.42. The molecule has 6 nitrogen and oxygen atoms in total. The highest BCUT2D eigenvalue weighted by atomic mass is 32.1. The van der Waals surface area contributed by atoms with Gasteiger partial charge in [-0.25, -0.2) is 4.79 Å². The molecule has 1 atom stereocenters. The van der Waals surface area contributed by atoms with Crippen LogP contribution >= 0.6 is 11.3 Å². The zero-order valence-corrected chi connectivity index (χ0v) is 16.0. The summed E-state index contributed by atoms with van der Waals surface area (Å²) in [6.07, 6.45) is 2.38. The summed E-state index contributed by atoms with van der Waals surface area (Å²) >= 11 is 1.62. The summed E-state index contributed by atoms with van der Waals surface area (Å²) in [6.45, 7) is 7.53. The molecule has 1 aromatic rings. The summed E-state index contributed by atoms with van der Waals surface area (Å²) in [5.74, 6) is -0.496. The smallest absolute Gasteiger partial charge is 0.325 e. The summed E-state index contributed by atoms with van der Waals surface area (Å²) < 4.78 is 0. The summed E-state index contributed by atoms with van der Waals surface area (Å²) in [5.41, 5.74) is -0.0764. The van der Waals surface area contributed by atoms with E-state index in [1.807, 2.05) is 39.1 Å². The van der Waals surface area contributed by atoms with E-state index in [0.29, 0.717) is 6.42 Å². The highest BCUT2D eigenvalue weighted by molar-refractivity contribution is 7.10. The predicted molar refractivity (Wildman–Crippen MR) is 96.3 cm³/mol. The maximum atomic E-state index is 13.1. The summed E-state index contributed by atoms with van der Waals surface area (Å²) in [6, 6.07) is 1.49. The molecule has 1 N–H and O–H groups in total. The predicted octanol–water partition coefficient (Wildman–Crippen LogP) is 2.48. The van der Waals surface area contributed by atoms with Gasteiger partial charge in [-0.3, -0.25) is 14.5 Å². The molecule has 1 saturated heterocycles. The number of hydrogen-bond acceptors (Lipinski definition) is 4. The molecule has 0 radical (unpaired) electrons. The molecule has 1 aliphatic heterocycles. The van der Waals surface area contributed by atoms with Crippen LogP contribution < -0.4 is 5.32 Å². The summed E-state index contributed by atoms with van der Waals surface area (Å²) in [7, 11) is 0. The Morgan fingerprint density at radius 3 is 2.64 bits per heavy atom. The van der Waals surface area contributed by atoms with Crippen LogP contribution in [-0.4, -0.2) is 46.3 Å². The molecule has 1 fully saturated rings. The lowest BCUT2D eigenvalue weighted by molar-refractivity contribution is -0.141. The minimum atomic E-state index is -0.981. The van der Waals surface area contributed by atoms with Crippen LogP contribution in [0.5, 0.6) is 0 Å². The molecule has 136 valence electrons. The van der Waals surface area contributed by atoms with Crippen LogP contribution in [0.3, 0.4) is 0 Å². The van der Waals surface area contributed by atoms with Gasteiger partial charge in [-0.1, -0.05) is 0 Å². The molecule has 0 unspecified atom stereocenters. The van der Waals surface area contributed by atoms with Crippen molar-refractivity contribution in [1.29, 1.82) is 0 Å². The number of carbonyl (C=O) groups is 3. The number of imide groups is 1. The number of aryl methyl sites for hydroxylation is 1. The lowest BCUT2D eigenvalue weighted by atomic mass is 9.80. The third-order valence-electron chi connectivity index (χ3n) is 5.03. The van der Waals surface area contributed by atoms with E-state index >= 15 is 0 Å². The Kier molecular flexibility index (Phi) is 4.62. The Labute approximate surface area is 152 Å². The third-order valence-corrected chi connectivity index (χ3v) is 6.01. The highest BCUT2D eigenvalue weighted by Gasteiger charge is 2.54. The number of nitrogens with zero attached hydrogens (tertiary/aromatic N) is 2. The fourth-order valence-corrected chi connectivity index (χ4v) is 5.07. The molecule has 2 heterocycles. The first-order valence-electron chi connectivity index (χ1n) is 8.80. The number of fused-ring (bicyclic) bond motifs is 2. The van der Waals surface area contributed by atoms with Gasteiger partial charge in [0, 0.05) is 22.5 Å². The van der Waals surface area contributed by atoms with E-state index in [4.69, 9.17) is 0 Å². The van der Waals surface area contributed by atoms with E-state index in [9.17, 15) is 14.4 Å². The van der Waals surface area contributed by atoms with Gasteiger partial charge in [-0.05, 0) is 58.4 Å². The van der Waals surface area contributed by atoms with Crippen LogP contribution in [0.4, 0.5) is 4.79 Å². The second-order valence-corrected chi connectivity index (χ2v) is 8.33. The van der Waals surface area contributed by atoms with Crippen LogP contribution in [0, 0.1) is 0 Å². The largest absolute Gasteiger partial charge is 0.336 e. The number of urea groups is 1. The number of amides is 4. The van der Waals surface area contributed by atoms with Gasteiger partial charge in [0.15, 0.2) is 0 Å². The van der Waals surface area contributed by atoms with Crippen LogP contribution in [-0.2, 0) is 21.5 Å². The lowest BCUT2D eigenvalue weighted by Gasteiger charge is -2.33. The van der Waals surface area contributed by atoms with Crippen molar-refractivity contribution in [3.05, 3.63) is 21.9 Å². The van der Waals surface area contributed by atoms with Gasteiger partial charge in [-0.2, -0.15) is 0 Å². The van der Waals surface area contributed by atoms with Crippen molar-refractivity contribution < 1.29 is 14.4 Å². The van der Waals surface area contributed by atoms with E-state index in [1.165, 1.54) is 0 Å². The maximum Gasteiger partial charge on any atom is 0.325 e. The van der Waals surface area contributed by atoms with Crippen LogP contribution in [0.2, 0.25) is 0 Å². The van der Waals surface area contributed by atoms with Gasteiger partial charge in [0.25, 0.3) is 5.91 Å². The van der Waals surface area contributed by atoms with Crippen molar-refractivity contribution >= 4 is 29.2 Å². The van der Waals surface area contributed by atoms with Gasteiger partial charge >= 0.3 is 6.03 Å². The lowest BCUT2D eigenvalue weighted by Crippen LogP contribution is -2.49. The molecule has 1 spiro atoms. The maximum absolute atomic E-state index is 13.1. The van der Waals surface area contributed by atoms with Crippen molar-refractivity contribution in [2.75, 3.05) is 6.54 Å². The minimum Gasteiger partial charge on any atom is -0.336 e. The average Bonchev–Trinajstić information content (AvgIpc) is 3.08. The molecule has 4 amide bonds. The Hall–Kier alpha value is -1.89. The molecule has 7 heteroatoms.